The van der Waals surface area contributed by atoms with Crippen molar-refractivity contribution >= 4 is 17.5 Å². The van der Waals surface area contributed by atoms with E-state index in [9.17, 15) is 4.79 Å². The second kappa shape index (κ2) is 10.9. The highest BCUT2D eigenvalue weighted by Crippen LogP contribution is 2.46. The van der Waals surface area contributed by atoms with Gasteiger partial charge in [0.25, 0.3) is 0 Å². The number of halogens is 1. The predicted molar refractivity (Wildman–Crippen MR) is 151 cm³/mol. The Bertz CT molecular complexity index is 1290. The standard InChI is InChI=1S/C32H36ClNO4/c1-21-15-22(2)17-26(16-21)38-20-28-27-19-30(37-4)29(36-3)18-23(27)11-14-34(28)31(35)32(12-5-6-13-32)24-7-9-25(33)10-8-24/h7-10,15-19,28H,5-6,11-14,20H2,1-4H3. The van der Waals surface area contributed by atoms with Gasteiger partial charge in [-0.05, 0) is 97.3 Å². The van der Waals surface area contributed by atoms with Crippen LogP contribution in [0.15, 0.2) is 54.6 Å². The first-order chi connectivity index (χ1) is 18.3. The van der Waals surface area contributed by atoms with Crippen LogP contribution in [0.3, 0.4) is 0 Å². The maximum absolute atomic E-state index is 14.6. The van der Waals surface area contributed by atoms with E-state index in [-0.39, 0.29) is 11.9 Å². The second-order valence-corrected chi connectivity index (χ2v) is 11.0. The Morgan fingerprint density at radius 3 is 2.21 bits per heavy atom. The van der Waals surface area contributed by atoms with Crippen molar-refractivity contribution in [2.75, 3.05) is 27.4 Å². The molecule has 1 unspecified atom stereocenters. The Morgan fingerprint density at radius 1 is 0.947 bits per heavy atom. The van der Waals surface area contributed by atoms with Crippen LogP contribution in [-0.4, -0.2) is 38.2 Å². The monoisotopic (exact) mass is 533 g/mol. The fourth-order valence-corrected chi connectivity index (χ4v) is 6.42. The normalized spacial score (nSPS) is 18.1. The van der Waals surface area contributed by atoms with Crippen LogP contribution < -0.4 is 14.2 Å². The van der Waals surface area contributed by atoms with Crippen LogP contribution in [0.25, 0.3) is 0 Å². The van der Waals surface area contributed by atoms with Gasteiger partial charge >= 0.3 is 0 Å². The Balaban J connectivity index is 1.55. The molecule has 1 aliphatic carbocycles. The van der Waals surface area contributed by atoms with E-state index in [1.807, 2.05) is 48.5 Å². The molecular weight excluding hydrogens is 498 g/mol. The summed E-state index contributed by atoms with van der Waals surface area (Å²) in [5.74, 6) is 2.35. The molecule has 0 saturated heterocycles. The molecule has 5 rings (SSSR count). The lowest BCUT2D eigenvalue weighted by Gasteiger charge is -2.42. The molecular formula is C32H36ClNO4. The molecule has 1 atom stereocenters. The van der Waals surface area contributed by atoms with Crippen molar-refractivity contribution in [2.24, 2.45) is 0 Å². The third kappa shape index (κ3) is 4.96. The van der Waals surface area contributed by atoms with Gasteiger partial charge in [0.2, 0.25) is 5.91 Å². The zero-order chi connectivity index (χ0) is 26.9. The lowest BCUT2D eigenvalue weighted by Crippen LogP contribution is -2.50. The van der Waals surface area contributed by atoms with Crippen molar-refractivity contribution in [1.29, 1.82) is 0 Å². The molecule has 1 fully saturated rings. The summed E-state index contributed by atoms with van der Waals surface area (Å²) in [5.41, 5.74) is 5.02. The van der Waals surface area contributed by atoms with E-state index in [0.29, 0.717) is 29.7 Å². The first kappa shape index (κ1) is 26.4. The van der Waals surface area contributed by atoms with Gasteiger partial charge in [0.15, 0.2) is 11.5 Å². The van der Waals surface area contributed by atoms with Gasteiger partial charge in [-0.25, -0.2) is 0 Å². The van der Waals surface area contributed by atoms with Crippen LogP contribution in [0.2, 0.25) is 5.02 Å². The minimum Gasteiger partial charge on any atom is -0.493 e. The summed E-state index contributed by atoms with van der Waals surface area (Å²) in [7, 11) is 3.30. The largest absolute Gasteiger partial charge is 0.493 e. The number of hydrogen-bond acceptors (Lipinski definition) is 4. The van der Waals surface area contributed by atoms with Crippen LogP contribution in [-0.2, 0) is 16.6 Å². The molecule has 1 aliphatic heterocycles. The van der Waals surface area contributed by atoms with E-state index in [2.05, 4.69) is 24.8 Å². The molecule has 200 valence electrons. The average molecular weight is 534 g/mol. The average Bonchev–Trinajstić information content (AvgIpc) is 3.41. The minimum atomic E-state index is -0.545. The van der Waals surface area contributed by atoms with Crippen LogP contribution >= 0.6 is 11.6 Å². The van der Waals surface area contributed by atoms with Gasteiger partial charge in [0.1, 0.15) is 12.4 Å². The maximum atomic E-state index is 14.6. The van der Waals surface area contributed by atoms with Gasteiger partial charge < -0.3 is 19.1 Å². The smallest absolute Gasteiger partial charge is 0.233 e. The molecule has 1 heterocycles. The Labute approximate surface area is 230 Å². The molecule has 0 bridgehead atoms. The summed E-state index contributed by atoms with van der Waals surface area (Å²) in [6.07, 6.45) is 4.50. The summed E-state index contributed by atoms with van der Waals surface area (Å²) in [6, 6.07) is 17.9. The summed E-state index contributed by atoms with van der Waals surface area (Å²) in [5, 5.41) is 0.682. The number of methoxy groups -OCH3 is 2. The molecule has 3 aromatic rings. The number of fused-ring (bicyclic) bond motifs is 1. The summed E-state index contributed by atoms with van der Waals surface area (Å²) in [6.45, 7) is 5.11. The van der Waals surface area contributed by atoms with Crippen LogP contribution in [0.1, 0.15) is 59.5 Å². The fourth-order valence-electron chi connectivity index (χ4n) is 6.29. The quantitative estimate of drug-likeness (QED) is 0.328. The number of carbonyl (C=O) groups is 1. The molecule has 0 N–H and O–H groups in total. The molecule has 0 spiro atoms. The van der Waals surface area contributed by atoms with Crippen molar-refractivity contribution in [1.82, 2.24) is 4.90 Å². The predicted octanol–water partition coefficient (Wildman–Crippen LogP) is 6.99. The second-order valence-electron chi connectivity index (χ2n) is 10.6. The van der Waals surface area contributed by atoms with Crippen molar-refractivity contribution in [3.8, 4) is 17.2 Å². The fraction of sp³-hybridized carbons (Fsp3) is 0.406. The molecule has 2 aliphatic rings. The maximum Gasteiger partial charge on any atom is 0.233 e. The number of carbonyl (C=O) groups excluding carboxylic acids is 1. The lowest BCUT2D eigenvalue weighted by molar-refractivity contribution is -0.141. The highest BCUT2D eigenvalue weighted by atomic mass is 35.5. The van der Waals surface area contributed by atoms with Gasteiger partial charge in [0, 0.05) is 11.6 Å². The Kier molecular flexibility index (Phi) is 7.58. The molecule has 0 radical (unpaired) electrons. The first-order valence-electron chi connectivity index (χ1n) is 13.4. The summed E-state index contributed by atoms with van der Waals surface area (Å²) >= 11 is 6.21. The number of benzene rings is 3. The van der Waals surface area contributed by atoms with Crippen LogP contribution in [0.5, 0.6) is 17.2 Å². The van der Waals surface area contributed by atoms with E-state index < -0.39 is 5.41 Å². The Morgan fingerprint density at radius 2 is 1.58 bits per heavy atom. The van der Waals surface area contributed by atoms with Crippen molar-refractivity contribution in [2.45, 2.75) is 57.4 Å². The molecule has 1 saturated carbocycles. The van der Waals surface area contributed by atoms with Crippen LogP contribution in [0, 0.1) is 13.8 Å². The van der Waals surface area contributed by atoms with Gasteiger partial charge in [0.05, 0.1) is 25.7 Å². The van der Waals surface area contributed by atoms with Gasteiger partial charge in [-0.3, -0.25) is 4.79 Å². The van der Waals surface area contributed by atoms with Crippen molar-refractivity contribution in [3.63, 3.8) is 0 Å². The van der Waals surface area contributed by atoms with Crippen molar-refractivity contribution < 1.29 is 19.0 Å². The number of ether oxygens (including phenoxy) is 3. The van der Waals surface area contributed by atoms with E-state index in [1.165, 1.54) is 0 Å². The molecule has 38 heavy (non-hydrogen) atoms. The van der Waals surface area contributed by atoms with Crippen molar-refractivity contribution in [3.05, 3.63) is 87.4 Å². The third-order valence-corrected chi connectivity index (χ3v) is 8.38. The van der Waals surface area contributed by atoms with E-state index in [4.69, 9.17) is 25.8 Å². The first-order valence-corrected chi connectivity index (χ1v) is 13.8. The molecule has 0 aromatic heterocycles. The number of rotatable bonds is 7. The lowest BCUT2D eigenvalue weighted by atomic mass is 9.76. The number of hydrogen-bond donors (Lipinski definition) is 0. The molecule has 5 nitrogen and oxygen atoms in total. The zero-order valence-corrected chi connectivity index (χ0v) is 23.4. The topological polar surface area (TPSA) is 48.0 Å². The Hall–Kier alpha value is -3.18. The van der Waals surface area contributed by atoms with Gasteiger partial charge in [-0.2, -0.15) is 0 Å². The molecule has 6 heteroatoms. The molecule has 3 aromatic carbocycles. The number of amides is 1. The minimum absolute atomic E-state index is 0.173. The summed E-state index contributed by atoms with van der Waals surface area (Å²) in [4.78, 5) is 16.7. The number of aryl methyl sites for hydroxylation is 2. The van der Waals surface area contributed by atoms with Gasteiger partial charge in [-0.15, -0.1) is 0 Å². The summed E-state index contributed by atoms with van der Waals surface area (Å²) < 4.78 is 17.7. The SMILES string of the molecule is COc1cc2c(cc1OC)C(COc1cc(C)cc(C)c1)N(C(=O)C1(c3ccc(Cl)cc3)CCCC1)CC2. The zero-order valence-electron chi connectivity index (χ0n) is 22.7. The highest BCUT2D eigenvalue weighted by molar-refractivity contribution is 6.30. The van der Waals surface area contributed by atoms with E-state index in [0.717, 1.165) is 65.7 Å². The third-order valence-electron chi connectivity index (χ3n) is 8.13. The van der Waals surface area contributed by atoms with E-state index in [1.54, 1.807) is 14.2 Å². The highest BCUT2D eigenvalue weighted by Gasteiger charge is 2.47. The van der Waals surface area contributed by atoms with Crippen LogP contribution in [0.4, 0.5) is 0 Å². The van der Waals surface area contributed by atoms with Gasteiger partial charge in [-0.1, -0.05) is 42.6 Å². The van der Waals surface area contributed by atoms with E-state index >= 15 is 0 Å². The number of nitrogens with zero attached hydrogens (tertiary/aromatic N) is 1. The molecule has 1 amide bonds.